The van der Waals surface area contributed by atoms with Crippen LogP contribution < -0.4 is 4.74 Å². The Labute approximate surface area is 247 Å². The standard InChI is InChI=1S/C35H36N6O/c1-27-11-9-12-28(2)34(27)41-35(36-37-38-41)33-25-32(42-31-16-7-4-8-17-31)19-18-30(33)26-40-23-21-39(22-24-40)20-10-15-29-13-5-3-6-14-29/h3-19,25H,20-24,26H2,1-2H3. The SMILES string of the molecule is Cc1cccc(C)c1-n1nnnc1-c1cc(Oc2ccccc2)ccc1CN1CCN(CC=Cc2ccccc2)CC1. The number of aryl methyl sites for hydroxylation is 2. The number of rotatable bonds is 9. The van der Waals surface area contributed by atoms with E-state index in [0.717, 1.165) is 73.1 Å². The number of nitrogens with zero attached hydrogens (tertiary/aromatic N) is 6. The molecule has 0 amide bonds. The van der Waals surface area contributed by atoms with Crippen LogP contribution in [0.1, 0.15) is 22.3 Å². The second kappa shape index (κ2) is 12.9. The van der Waals surface area contributed by atoms with Crippen molar-refractivity contribution in [2.45, 2.75) is 20.4 Å². The van der Waals surface area contributed by atoms with Crippen LogP contribution in [-0.2, 0) is 6.54 Å². The van der Waals surface area contributed by atoms with E-state index in [0.29, 0.717) is 5.82 Å². The first kappa shape index (κ1) is 27.6. The molecule has 2 heterocycles. The quantitative estimate of drug-likeness (QED) is 0.205. The molecular formula is C35H36N6O. The van der Waals surface area contributed by atoms with Crippen molar-refractivity contribution < 1.29 is 4.74 Å². The third kappa shape index (κ3) is 6.48. The zero-order valence-electron chi connectivity index (χ0n) is 24.2. The molecule has 0 N–H and O–H groups in total. The van der Waals surface area contributed by atoms with Gasteiger partial charge in [0.2, 0.25) is 0 Å². The molecule has 6 rings (SSSR count). The van der Waals surface area contributed by atoms with Gasteiger partial charge in [-0.25, -0.2) is 0 Å². The molecule has 0 spiro atoms. The highest BCUT2D eigenvalue weighted by atomic mass is 16.5. The van der Waals surface area contributed by atoms with E-state index in [-0.39, 0.29) is 0 Å². The fraction of sp³-hybridized carbons (Fsp3) is 0.229. The monoisotopic (exact) mass is 556 g/mol. The average molecular weight is 557 g/mol. The molecule has 0 radical (unpaired) electrons. The molecule has 1 saturated heterocycles. The lowest BCUT2D eigenvalue weighted by atomic mass is 10.0. The normalized spacial score (nSPS) is 14.4. The lowest BCUT2D eigenvalue weighted by Crippen LogP contribution is -2.45. The van der Waals surface area contributed by atoms with Crippen molar-refractivity contribution in [3.63, 3.8) is 0 Å². The Bertz CT molecular complexity index is 1620. The zero-order chi connectivity index (χ0) is 28.7. The van der Waals surface area contributed by atoms with Crippen molar-refractivity contribution in [1.82, 2.24) is 30.0 Å². The number of hydrogen-bond donors (Lipinski definition) is 0. The van der Waals surface area contributed by atoms with Crippen molar-refractivity contribution in [2.24, 2.45) is 0 Å². The van der Waals surface area contributed by atoms with Crippen molar-refractivity contribution >= 4 is 6.08 Å². The van der Waals surface area contributed by atoms with Crippen LogP contribution in [0.2, 0.25) is 0 Å². The summed E-state index contributed by atoms with van der Waals surface area (Å²) in [6, 6.07) is 32.9. The smallest absolute Gasteiger partial charge is 0.187 e. The van der Waals surface area contributed by atoms with Gasteiger partial charge < -0.3 is 4.74 Å². The van der Waals surface area contributed by atoms with Gasteiger partial charge in [0.15, 0.2) is 5.82 Å². The molecule has 1 fully saturated rings. The number of piperazine rings is 1. The maximum atomic E-state index is 6.23. The molecule has 7 heteroatoms. The van der Waals surface area contributed by atoms with Crippen molar-refractivity contribution in [3.05, 3.63) is 125 Å². The van der Waals surface area contributed by atoms with Gasteiger partial charge in [-0.3, -0.25) is 9.80 Å². The molecular weight excluding hydrogens is 520 g/mol. The lowest BCUT2D eigenvalue weighted by molar-refractivity contribution is 0.137. The predicted molar refractivity (Wildman–Crippen MR) is 168 cm³/mol. The van der Waals surface area contributed by atoms with Crippen LogP contribution in [0, 0.1) is 13.8 Å². The van der Waals surface area contributed by atoms with Gasteiger partial charge in [0.25, 0.3) is 0 Å². The number of ether oxygens (including phenoxy) is 1. The maximum absolute atomic E-state index is 6.23. The molecule has 1 aliphatic heterocycles. The number of hydrogen-bond acceptors (Lipinski definition) is 6. The Morgan fingerprint density at radius 2 is 1.43 bits per heavy atom. The average Bonchev–Trinajstić information content (AvgIpc) is 3.49. The summed E-state index contributed by atoms with van der Waals surface area (Å²) in [5.41, 5.74) is 6.65. The highest BCUT2D eigenvalue weighted by Crippen LogP contribution is 2.32. The van der Waals surface area contributed by atoms with E-state index in [2.05, 4.69) is 112 Å². The summed E-state index contributed by atoms with van der Waals surface area (Å²) < 4.78 is 8.10. The summed E-state index contributed by atoms with van der Waals surface area (Å²) in [5.74, 6) is 2.26. The molecule has 7 nitrogen and oxygen atoms in total. The van der Waals surface area contributed by atoms with Gasteiger partial charge in [0.1, 0.15) is 11.5 Å². The maximum Gasteiger partial charge on any atom is 0.187 e. The van der Waals surface area contributed by atoms with E-state index >= 15 is 0 Å². The van der Waals surface area contributed by atoms with E-state index in [1.165, 1.54) is 11.1 Å². The molecule has 212 valence electrons. The third-order valence-corrected chi connectivity index (χ3v) is 7.75. The minimum atomic E-state index is 0.714. The van der Waals surface area contributed by atoms with Crippen LogP contribution in [0.4, 0.5) is 0 Å². The third-order valence-electron chi connectivity index (χ3n) is 7.75. The summed E-state index contributed by atoms with van der Waals surface area (Å²) in [6.45, 7) is 10.0. The Morgan fingerprint density at radius 1 is 0.738 bits per heavy atom. The van der Waals surface area contributed by atoms with Crippen molar-refractivity contribution in [3.8, 4) is 28.6 Å². The van der Waals surface area contributed by atoms with E-state index in [4.69, 9.17) is 4.74 Å². The Morgan fingerprint density at radius 3 is 2.17 bits per heavy atom. The molecule has 5 aromatic rings. The summed E-state index contributed by atoms with van der Waals surface area (Å²) in [6.07, 6.45) is 4.47. The van der Waals surface area contributed by atoms with Crippen molar-refractivity contribution in [1.29, 1.82) is 0 Å². The van der Waals surface area contributed by atoms with Crippen LogP contribution in [0.5, 0.6) is 11.5 Å². The predicted octanol–water partition coefficient (Wildman–Crippen LogP) is 6.57. The first-order valence-corrected chi connectivity index (χ1v) is 14.5. The van der Waals surface area contributed by atoms with Crippen LogP contribution in [0.25, 0.3) is 23.2 Å². The molecule has 0 aliphatic carbocycles. The molecule has 0 atom stereocenters. The van der Waals surface area contributed by atoms with Crippen LogP contribution >= 0.6 is 0 Å². The topological polar surface area (TPSA) is 59.3 Å². The zero-order valence-corrected chi connectivity index (χ0v) is 24.2. The van der Waals surface area contributed by atoms with Crippen LogP contribution in [0.15, 0.2) is 103 Å². The minimum absolute atomic E-state index is 0.714. The van der Waals surface area contributed by atoms with E-state index in [1.807, 2.05) is 41.1 Å². The van der Waals surface area contributed by atoms with E-state index in [1.54, 1.807) is 0 Å². The fourth-order valence-corrected chi connectivity index (χ4v) is 5.51. The molecule has 0 bridgehead atoms. The summed E-state index contributed by atoms with van der Waals surface area (Å²) in [7, 11) is 0. The van der Waals surface area contributed by atoms with Gasteiger partial charge in [-0.05, 0) is 70.8 Å². The second-order valence-corrected chi connectivity index (χ2v) is 10.8. The first-order valence-electron chi connectivity index (χ1n) is 14.5. The highest BCUT2D eigenvalue weighted by molar-refractivity contribution is 5.66. The fourth-order valence-electron chi connectivity index (χ4n) is 5.51. The van der Waals surface area contributed by atoms with Crippen molar-refractivity contribution in [2.75, 3.05) is 32.7 Å². The first-order chi connectivity index (χ1) is 20.6. The van der Waals surface area contributed by atoms with E-state index in [9.17, 15) is 0 Å². The van der Waals surface area contributed by atoms with Gasteiger partial charge >= 0.3 is 0 Å². The lowest BCUT2D eigenvalue weighted by Gasteiger charge is -2.34. The van der Waals surface area contributed by atoms with Crippen LogP contribution in [-0.4, -0.2) is 62.7 Å². The Kier molecular flexibility index (Phi) is 8.49. The Balaban J connectivity index is 1.23. The molecule has 42 heavy (non-hydrogen) atoms. The number of aromatic nitrogens is 4. The number of tetrazole rings is 1. The Hall–Kier alpha value is -4.59. The molecule has 1 aromatic heterocycles. The number of benzene rings is 4. The van der Waals surface area contributed by atoms with Gasteiger partial charge in [0.05, 0.1) is 5.69 Å². The summed E-state index contributed by atoms with van der Waals surface area (Å²) >= 11 is 0. The van der Waals surface area contributed by atoms with Gasteiger partial charge in [-0.1, -0.05) is 84.9 Å². The second-order valence-electron chi connectivity index (χ2n) is 10.8. The van der Waals surface area contributed by atoms with Gasteiger partial charge in [0, 0.05) is 44.8 Å². The summed E-state index contributed by atoms with van der Waals surface area (Å²) in [5, 5.41) is 13.1. The molecule has 0 unspecified atom stereocenters. The molecule has 0 saturated carbocycles. The van der Waals surface area contributed by atoms with Crippen LogP contribution in [0.3, 0.4) is 0 Å². The largest absolute Gasteiger partial charge is 0.457 e. The minimum Gasteiger partial charge on any atom is -0.457 e. The summed E-state index contributed by atoms with van der Waals surface area (Å²) in [4.78, 5) is 5.02. The van der Waals surface area contributed by atoms with Gasteiger partial charge in [-0.15, -0.1) is 5.10 Å². The van der Waals surface area contributed by atoms with E-state index < -0.39 is 0 Å². The van der Waals surface area contributed by atoms with Gasteiger partial charge in [-0.2, -0.15) is 4.68 Å². The molecule has 4 aromatic carbocycles. The number of para-hydroxylation sites is 2. The highest BCUT2D eigenvalue weighted by Gasteiger charge is 2.22. The molecule has 1 aliphatic rings.